The number of carbonyl (C=O) groups excluding carboxylic acids is 1. The summed E-state index contributed by atoms with van der Waals surface area (Å²) in [6.45, 7) is 4.51. The third-order valence-electron chi connectivity index (χ3n) is 4.39. The molecule has 1 aliphatic rings. The largest absolute Gasteiger partial charge is 0.352 e. The zero-order valence-corrected chi connectivity index (χ0v) is 12.5. The molecule has 1 amide bonds. The van der Waals surface area contributed by atoms with Crippen LogP contribution in [0.2, 0.25) is 0 Å². The molecule has 1 aliphatic carbocycles. The Bertz CT molecular complexity index is 432. The van der Waals surface area contributed by atoms with E-state index in [-0.39, 0.29) is 5.91 Å². The SMILES string of the molecule is CC1CCC(NC(=O)[C@@H](N)Cc2ccccc2)C(C)C1. The molecule has 1 saturated carbocycles. The van der Waals surface area contributed by atoms with Crippen molar-refractivity contribution in [1.29, 1.82) is 0 Å². The molecule has 0 radical (unpaired) electrons. The van der Waals surface area contributed by atoms with Crippen LogP contribution >= 0.6 is 0 Å². The second kappa shape index (κ2) is 6.89. The fourth-order valence-corrected chi connectivity index (χ4v) is 3.13. The van der Waals surface area contributed by atoms with E-state index in [0.717, 1.165) is 17.9 Å². The molecule has 3 N–H and O–H groups in total. The lowest BCUT2D eigenvalue weighted by atomic mass is 9.80. The fraction of sp³-hybridized carbons (Fsp3) is 0.588. The second-order valence-corrected chi connectivity index (χ2v) is 6.31. The smallest absolute Gasteiger partial charge is 0.237 e. The highest BCUT2D eigenvalue weighted by Crippen LogP contribution is 2.28. The Morgan fingerprint density at radius 1 is 1.30 bits per heavy atom. The monoisotopic (exact) mass is 274 g/mol. The van der Waals surface area contributed by atoms with Crippen LogP contribution in [0, 0.1) is 11.8 Å². The summed E-state index contributed by atoms with van der Waals surface area (Å²) in [5, 5.41) is 3.15. The molecule has 0 spiro atoms. The van der Waals surface area contributed by atoms with Crippen LogP contribution in [0.5, 0.6) is 0 Å². The van der Waals surface area contributed by atoms with E-state index in [1.54, 1.807) is 0 Å². The molecular formula is C17H26N2O. The molecule has 3 nitrogen and oxygen atoms in total. The zero-order valence-electron chi connectivity index (χ0n) is 12.5. The predicted octanol–water partition coefficient (Wildman–Crippen LogP) is 2.50. The van der Waals surface area contributed by atoms with Gasteiger partial charge in [-0.25, -0.2) is 0 Å². The van der Waals surface area contributed by atoms with E-state index in [0.29, 0.717) is 18.4 Å². The summed E-state index contributed by atoms with van der Waals surface area (Å²) in [4.78, 5) is 12.2. The van der Waals surface area contributed by atoms with E-state index in [9.17, 15) is 4.79 Å². The number of rotatable bonds is 4. The van der Waals surface area contributed by atoms with Gasteiger partial charge in [-0.2, -0.15) is 0 Å². The van der Waals surface area contributed by atoms with E-state index >= 15 is 0 Å². The zero-order chi connectivity index (χ0) is 14.5. The molecule has 20 heavy (non-hydrogen) atoms. The van der Waals surface area contributed by atoms with E-state index in [2.05, 4.69) is 19.2 Å². The van der Waals surface area contributed by atoms with Crippen LogP contribution in [0.1, 0.15) is 38.7 Å². The van der Waals surface area contributed by atoms with Crippen molar-refractivity contribution in [2.45, 2.75) is 51.6 Å². The number of nitrogens with two attached hydrogens (primary N) is 1. The molecule has 3 heteroatoms. The summed E-state index contributed by atoms with van der Waals surface area (Å²) in [6, 6.07) is 9.79. The first-order valence-electron chi connectivity index (χ1n) is 7.66. The standard InChI is InChI=1S/C17H26N2O/c1-12-8-9-16(13(2)10-12)19-17(20)15(18)11-14-6-4-3-5-7-14/h3-7,12-13,15-16H,8-11,18H2,1-2H3,(H,19,20)/t12?,13?,15-,16?/m0/s1. The van der Waals surface area contributed by atoms with Gasteiger partial charge in [0, 0.05) is 6.04 Å². The molecular weight excluding hydrogens is 248 g/mol. The van der Waals surface area contributed by atoms with Crippen molar-refractivity contribution in [2.24, 2.45) is 17.6 Å². The van der Waals surface area contributed by atoms with Crippen LogP contribution in [0.25, 0.3) is 0 Å². The Hall–Kier alpha value is -1.35. The minimum absolute atomic E-state index is 0.0137. The van der Waals surface area contributed by atoms with Crippen LogP contribution in [0.4, 0.5) is 0 Å². The van der Waals surface area contributed by atoms with Crippen molar-refractivity contribution in [3.8, 4) is 0 Å². The Balaban J connectivity index is 1.85. The quantitative estimate of drug-likeness (QED) is 0.886. The van der Waals surface area contributed by atoms with Gasteiger partial charge in [0.15, 0.2) is 0 Å². The molecule has 110 valence electrons. The minimum atomic E-state index is -0.455. The minimum Gasteiger partial charge on any atom is -0.352 e. The van der Waals surface area contributed by atoms with Crippen LogP contribution in [-0.4, -0.2) is 18.0 Å². The molecule has 0 bridgehead atoms. The summed E-state index contributed by atoms with van der Waals surface area (Å²) >= 11 is 0. The van der Waals surface area contributed by atoms with Crippen molar-refractivity contribution < 1.29 is 4.79 Å². The third-order valence-corrected chi connectivity index (χ3v) is 4.39. The third kappa shape index (κ3) is 4.07. The fourth-order valence-electron chi connectivity index (χ4n) is 3.13. The maximum Gasteiger partial charge on any atom is 0.237 e. The van der Waals surface area contributed by atoms with Crippen molar-refractivity contribution in [1.82, 2.24) is 5.32 Å². The lowest BCUT2D eigenvalue weighted by Crippen LogP contribution is -2.49. The topological polar surface area (TPSA) is 55.1 Å². The first-order valence-corrected chi connectivity index (χ1v) is 7.66. The average molecular weight is 274 g/mol. The van der Waals surface area contributed by atoms with Gasteiger partial charge in [0.05, 0.1) is 6.04 Å². The van der Waals surface area contributed by atoms with Crippen LogP contribution in [-0.2, 0) is 11.2 Å². The maximum absolute atomic E-state index is 12.2. The summed E-state index contributed by atoms with van der Waals surface area (Å²) in [5.74, 6) is 1.31. The van der Waals surface area contributed by atoms with Crippen LogP contribution < -0.4 is 11.1 Å². The van der Waals surface area contributed by atoms with Crippen molar-refractivity contribution in [3.63, 3.8) is 0 Å². The van der Waals surface area contributed by atoms with Gasteiger partial charge in [0.25, 0.3) is 0 Å². The van der Waals surface area contributed by atoms with Gasteiger partial charge in [0.2, 0.25) is 5.91 Å². The van der Waals surface area contributed by atoms with Gasteiger partial charge < -0.3 is 11.1 Å². The van der Waals surface area contributed by atoms with Crippen molar-refractivity contribution in [3.05, 3.63) is 35.9 Å². The number of carbonyl (C=O) groups is 1. The van der Waals surface area contributed by atoms with Gasteiger partial charge in [-0.3, -0.25) is 4.79 Å². The molecule has 0 heterocycles. The summed E-state index contributed by atoms with van der Waals surface area (Å²) in [5.41, 5.74) is 7.14. The van der Waals surface area contributed by atoms with Gasteiger partial charge in [-0.15, -0.1) is 0 Å². The lowest BCUT2D eigenvalue weighted by Gasteiger charge is -2.33. The number of hydrogen-bond donors (Lipinski definition) is 2. The predicted molar refractivity (Wildman–Crippen MR) is 82.2 cm³/mol. The molecule has 3 unspecified atom stereocenters. The second-order valence-electron chi connectivity index (χ2n) is 6.31. The van der Waals surface area contributed by atoms with E-state index in [4.69, 9.17) is 5.73 Å². The molecule has 0 aliphatic heterocycles. The Morgan fingerprint density at radius 2 is 2.00 bits per heavy atom. The highest BCUT2D eigenvalue weighted by molar-refractivity contribution is 5.82. The number of benzene rings is 1. The van der Waals surface area contributed by atoms with Crippen molar-refractivity contribution in [2.75, 3.05) is 0 Å². The molecule has 2 rings (SSSR count). The Morgan fingerprint density at radius 3 is 2.65 bits per heavy atom. The molecule has 1 fully saturated rings. The summed E-state index contributed by atoms with van der Waals surface area (Å²) < 4.78 is 0. The summed E-state index contributed by atoms with van der Waals surface area (Å²) in [6.07, 6.45) is 4.07. The highest BCUT2D eigenvalue weighted by Gasteiger charge is 2.27. The molecule has 4 atom stereocenters. The molecule has 1 aromatic rings. The molecule has 1 aromatic carbocycles. The number of hydrogen-bond acceptors (Lipinski definition) is 2. The Kier molecular flexibility index (Phi) is 5.18. The first kappa shape index (κ1) is 15.0. The van der Waals surface area contributed by atoms with E-state index in [1.807, 2.05) is 30.3 Å². The maximum atomic E-state index is 12.2. The first-order chi connectivity index (χ1) is 9.56. The molecule has 0 aromatic heterocycles. The van der Waals surface area contributed by atoms with Gasteiger partial charge >= 0.3 is 0 Å². The summed E-state index contributed by atoms with van der Waals surface area (Å²) in [7, 11) is 0. The van der Waals surface area contributed by atoms with Gasteiger partial charge in [0.1, 0.15) is 0 Å². The number of amides is 1. The van der Waals surface area contributed by atoms with Gasteiger partial charge in [-0.05, 0) is 43.1 Å². The van der Waals surface area contributed by atoms with Gasteiger partial charge in [-0.1, -0.05) is 44.2 Å². The normalized spacial score (nSPS) is 27.9. The average Bonchev–Trinajstić information content (AvgIpc) is 2.43. The molecule has 0 saturated heterocycles. The Labute approximate surface area is 121 Å². The van der Waals surface area contributed by atoms with Crippen molar-refractivity contribution >= 4 is 5.91 Å². The number of nitrogens with one attached hydrogen (secondary N) is 1. The van der Waals surface area contributed by atoms with E-state index in [1.165, 1.54) is 12.8 Å². The van der Waals surface area contributed by atoms with E-state index < -0.39 is 6.04 Å². The van der Waals surface area contributed by atoms with Crippen LogP contribution in [0.15, 0.2) is 30.3 Å². The van der Waals surface area contributed by atoms with Crippen LogP contribution in [0.3, 0.4) is 0 Å². The lowest BCUT2D eigenvalue weighted by molar-refractivity contribution is -0.123. The highest BCUT2D eigenvalue weighted by atomic mass is 16.2.